The molecule has 0 saturated heterocycles. The number of carboxylic acid groups (broad SMARTS) is 1. The first-order valence-corrected chi connectivity index (χ1v) is 10.2. The molecule has 0 saturated carbocycles. The van der Waals surface area contributed by atoms with E-state index in [0.29, 0.717) is 18.7 Å². The average Bonchev–Trinajstić information content (AvgIpc) is 3.28. The minimum absolute atomic E-state index is 0.294. The summed E-state index contributed by atoms with van der Waals surface area (Å²) in [6.07, 6.45) is 5.48. The highest BCUT2D eigenvalue weighted by molar-refractivity contribution is 5.89. The average molecular weight is 428 g/mol. The van der Waals surface area contributed by atoms with E-state index in [-0.39, 0.29) is 0 Å². The Hall–Kier alpha value is -4.13. The van der Waals surface area contributed by atoms with Gasteiger partial charge in [-0.15, -0.1) is 0 Å². The summed E-state index contributed by atoms with van der Waals surface area (Å²) in [6.45, 7) is 1.09. The molecule has 4 aromatic rings. The fraction of sp³-hybridized carbons (Fsp3) is 0.160. The number of anilines is 1. The van der Waals surface area contributed by atoms with Gasteiger partial charge in [-0.2, -0.15) is 5.10 Å². The molecular weight excluding hydrogens is 404 g/mol. The highest BCUT2D eigenvalue weighted by atomic mass is 16.5. The van der Waals surface area contributed by atoms with Crippen molar-refractivity contribution in [2.75, 3.05) is 19.1 Å². The van der Waals surface area contributed by atoms with Crippen LogP contribution in [-0.2, 0) is 13.1 Å². The van der Waals surface area contributed by atoms with E-state index in [1.165, 1.54) is 0 Å². The number of ether oxygens (including phenoxy) is 1. The van der Waals surface area contributed by atoms with Crippen LogP contribution in [0.3, 0.4) is 0 Å². The molecule has 2 aromatic heterocycles. The third-order valence-corrected chi connectivity index (χ3v) is 5.25. The van der Waals surface area contributed by atoms with E-state index < -0.39 is 5.97 Å². The second-order valence-corrected chi connectivity index (χ2v) is 7.47. The van der Waals surface area contributed by atoms with Crippen molar-refractivity contribution in [1.29, 1.82) is 0 Å². The van der Waals surface area contributed by atoms with Crippen LogP contribution in [0.25, 0.3) is 11.1 Å². The van der Waals surface area contributed by atoms with Gasteiger partial charge in [0.05, 0.1) is 25.4 Å². The van der Waals surface area contributed by atoms with E-state index in [9.17, 15) is 9.90 Å². The Morgan fingerprint density at radius 1 is 1.06 bits per heavy atom. The minimum atomic E-state index is -0.933. The first-order chi connectivity index (χ1) is 15.5. The summed E-state index contributed by atoms with van der Waals surface area (Å²) in [7, 11) is 3.63. The van der Waals surface area contributed by atoms with Crippen LogP contribution in [0.4, 0.5) is 5.82 Å². The predicted molar refractivity (Wildman–Crippen MR) is 123 cm³/mol. The fourth-order valence-corrected chi connectivity index (χ4v) is 3.62. The molecule has 2 aromatic carbocycles. The van der Waals surface area contributed by atoms with Gasteiger partial charge in [-0.1, -0.05) is 42.5 Å². The van der Waals surface area contributed by atoms with Crippen LogP contribution in [0.1, 0.15) is 21.5 Å². The molecule has 0 unspecified atom stereocenters. The van der Waals surface area contributed by atoms with Crippen molar-refractivity contribution in [3.05, 3.63) is 95.9 Å². The zero-order valence-electron chi connectivity index (χ0n) is 18.0. The number of aromatic carboxylic acids is 1. The molecule has 0 aliphatic carbocycles. The van der Waals surface area contributed by atoms with Crippen LogP contribution in [0.15, 0.2) is 79.3 Å². The predicted octanol–water partition coefficient (Wildman–Crippen LogP) is 4.34. The number of carbonyl (C=O) groups is 1. The highest BCUT2D eigenvalue weighted by Crippen LogP contribution is 2.26. The Kier molecular flexibility index (Phi) is 6.17. The third-order valence-electron chi connectivity index (χ3n) is 5.25. The van der Waals surface area contributed by atoms with Crippen molar-refractivity contribution in [3.63, 3.8) is 0 Å². The standard InChI is InChI=1S/C25H24N4O3/c1-28(24-23(32-2)8-5-13-26-24)15-18-9-11-19(12-10-18)21-14-27-29(17-21)16-20-6-3-4-7-22(20)25(30)31/h3-14,17H,15-16H2,1-2H3,(H,30,31). The van der Waals surface area contributed by atoms with Gasteiger partial charge in [-0.05, 0) is 34.9 Å². The lowest BCUT2D eigenvalue weighted by molar-refractivity contribution is 0.0695. The first-order valence-electron chi connectivity index (χ1n) is 10.2. The lowest BCUT2D eigenvalue weighted by atomic mass is 10.1. The quantitative estimate of drug-likeness (QED) is 0.450. The summed E-state index contributed by atoms with van der Waals surface area (Å²) >= 11 is 0. The van der Waals surface area contributed by atoms with Crippen molar-refractivity contribution < 1.29 is 14.6 Å². The topological polar surface area (TPSA) is 80.5 Å². The zero-order valence-corrected chi connectivity index (χ0v) is 18.0. The number of carboxylic acids is 1. The van der Waals surface area contributed by atoms with Gasteiger partial charge in [-0.3, -0.25) is 4.68 Å². The van der Waals surface area contributed by atoms with E-state index in [1.807, 2.05) is 42.4 Å². The van der Waals surface area contributed by atoms with Crippen LogP contribution in [-0.4, -0.2) is 40.0 Å². The fourth-order valence-electron chi connectivity index (χ4n) is 3.62. The van der Waals surface area contributed by atoms with Crippen LogP contribution < -0.4 is 9.64 Å². The van der Waals surface area contributed by atoms with Gasteiger partial charge in [0.1, 0.15) is 0 Å². The van der Waals surface area contributed by atoms with Crippen LogP contribution in [0.2, 0.25) is 0 Å². The van der Waals surface area contributed by atoms with Crippen molar-refractivity contribution in [1.82, 2.24) is 14.8 Å². The second kappa shape index (κ2) is 9.34. The molecule has 0 aliphatic heterocycles. The molecule has 0 radical (unpaired) electrons. The maximum atomic E-state index is 11.4. The third kappa shape index (κ3) is 4.62. The van der Waals surface area contributed by atoms with Crippen LogP contribution >= 0.6 is 0 Å². The lowest BCUT2D eigenvalue weighted by Gasteiger charge is -2.20. The maximum absolute atomic E-state index is 11.4. The SMILES string of the molecule is COc1cccnc1N(C)Cc1ccc(-c2cnn(Cc3ccccc3C(=O)O)c2)cc1. The molecule has 0 atom stereocenters. The van der Waals surface area contributed by atoms with E-state index >= 15 is 0 Å². The van der Waals surface area contributed by atoms with Crippen molar-refractivity contribution in [2.24, 2.45) is 0 Å². The number of pyridine rings is 1. The van der Waals surface area contributed by atoms with E-state index in [1.54, 1.807) is 36.3 Å². The molecule has 1 N–H and O–H groups in total. The Bertz CT molecular complexity index is 1220. The summed E-state index contributed by atoms with van der Waals surface area (Å²) in [5.41, 5.74) is 4.18. The zero-order chi connectivity index (χ0) is 22.5. The molecular formula is C25H24N4O3. The van der Waals surface area contributed by atoms with Gasteiger partial charge in [0, 0.05) is 31.5 Å². The summed E-state index contributed by atoms with van der Waals surface area (Å²) < 4.78 is 7.16. The molecule has 0 spiro atoms. The highest BCUT2D eigenvalue weighted by Gasteiger charge is 2.12. The lowest BCUT2D eigenvalue weighted by Crippen LogP contribution is -2.18. The number of aromatic nitrogens is 3. The molecule has 0 amide bonds. The maximum Gasteiger partial charge on any atom is 0.336 e. The molecule has 7 heteroatoms. The van der Waals surface area contributed by atoms with Gasteiger partial charge in [0.25, 0.3) is 0 Å². The van der Waals surface area contributed by atoms with Crippen LogP contribution in [0.5, 0.6) is 5.75 Å². The Morgan fingerprint density at radius 3 is 2.59 bits per heavy atom. The monoisotopic (exact) mass is 428 g/mol. The van der Waals surface area contributed by atoms with Crippen molar-refractivity contribution in [3.8, 4) is 16.9 Å². The molecule has 0 fully saturated rings. The Labute approximate surface area is 186 Å². The van der Waals surface area contributed by atoms with E-state index in [2.05, 4.69) is 34.3 Å². The van der Waals surface area contributed by atoms with Gasteiger partial charge in [-0.25, -0.2) is 9.78 Å². The Balaban J connectivity index is 1.46. The largest absolute Gasteiger partial charge is 0.493 e. The normalized spacial score (nSPS) is 10.7. The second-order valence-electron chi connectivity index (χ2n) is 7.47. The summed E-state index contributed by atoms with van der Waals surface area (Å²) in [4.78, 5) is 17.9. The number of hydrogen-bond acceptors (Lipinski definition) is 5. The van der Waals surface area contributed by atoms with E-state index in [4.69, 9.17) is 4.74 Å². The number of rotatable bonds is 8. The molecule has 0 bridgehead atoms. The number of methoxy groups -OCH3 is 1. The molecule has 32 heavy (non-hydrogen) atoms. The molecule has 162 valence electrons. The van der Waals surface area contributed by atoms with Gasteiger partial charge < -0.3 is 14.7 Å². The van der Waals surface area contributed by atoms with Gasteiger partial charge >= 0.3 is 5.97 Å². The molecule has 7 nitrogen and oxygen atoms in total. The molecule has 2 heterocycles. The van der Waals surface area contributed by atoms with Gasteiger partial charge in [0.15, 0.2) is 11.6 Å². The number of nitrogens with zero attached hydrogens (tertiary/aromatic N) is 4. The van der Waals surface area contributed by atoms with Crippen LogP contribution in [0, 0.1) is 0 Å². The minimum Gasteiger partial charge on any atom is -0.493 e. The van der Waals surface area contributed by atoms with Crippen molar-refractivity contribution >= 4 is 11.8 Å². The summed E-state index contributed by atoms with van der Waals surface area (Å²) in [5.74, 6) is 0.599. The number of hydrogen-bond donors (Lipinski definition) is 1. The summed E-state index contributed by atoms with van der Waals surface area (Å²) in [6, 6.07) is 19.0. The first kappa shape index (κ1) is 21.1. The number of benzene rings is 2. The van der Waals surface area contributed by atoms with E-state index in [0.717, 1.165) is 33.8 Å². The summed E-state index contributed by atoms with van der Waals surface area (Å²) in [5, 5.41) is 13.8. The Morgan fingerprint density at radius 2 is 1.84 bits per heavy atom. The molecule has 4 rings (SSSR count). The smallest absolute Gasteiger partial charge is 0.336 e. The van der Waals surface area contributed by atoms with Crippen molar-refractivity contribution in [2.45, 2.75) is 13.1 Å². The molecule has 0 aliphatic rings. The van der Waals surface area contributed by atoms with Gasteiger partial charge in [0.2, 0.25) is 0 Å².